The summed E-state index contributed by atoms with van der Waals surface area (Å²) in [7, 11) is 1.87. The molecule has 0 bridgehead atoms. The molecule has 0 spiro atoms. The van der Waals surface area contributed by atoms with Crippen LogP contribution in [0, 0.1) is 30.3 Å². The lowest BCUT2D eigenvalue weighted by Gasteiger charge is -2.42. The number of hydrogen-bond acceptors (Lipinski definition) is 6. The summed E-state index contributed by atoms with van der Waals surface area (Å²) in [5.74, 6) is -2.34. The Balaban J connectivity index is 0.00000160. The largest absolute Gasteiger partial charge is 0.490 e. The highest BCUT2D eigenvalue weighted by molar-refractivity contribution is 7.59. The van der Waals surface area contributed by atoms with Crippen LogP contribution in [0.25, 0.3) is 0 Å². The second-order valence-corrected chi connectivity index (χ2v) is 9.39. The summed E-state index contributed by atoms with van der Waals surface area (Å²) < 4.78 is 51.1. The lowest BCUT2D eigenvalue weighted by molar-refractivity contribution is -0.120. The van der Waals surface area contributed by atoms with Gasteiger partial charge in [-0.2, -0.15) is 13.5 Å². The Hall–Kier alpha value is -2.53. The maximum atomic E-state index is 13.4. The molecule has 1 amide bonds. The van der Waals surface area contributed by atoms with Gasteiger partial charge in [0.2, 0.25) is 5.91 Å². The lowest BCUT2D eigenvalue weighted by Crippen LogP contribution is -2.55. The van der Waals surface area contributed by atoms with Gasteiger partial charge in [0.05, 0.1) is 24.4 Å². The first kappa shape index (κ1) is 30.7. The van der Waals surface area contributed by atoms with Crippen LogP contribution < -0.4 is 14.5 Å². The molecular formula is C26H37F3N4O3S. The molecule has 1 unspecified atom stereocenters. The highest BCUT2D eigenvalue weighted by Crippen LogP contribution is 2.40. The first-order chi connectivity index (χ1) is 16.2. The number of halogens is 3. The Kier molecular flexibility index (Phi) is 9.87. The van der Waals surface area contributed by atoms with Crippen molar-refractivity contribution in [2.75, 3.05) is 30.1 Å². The third kappa shape index (κ3) is 5.67. The van der Waals surface area contributed by atoms with Gasteiger partial charge in [-0.25, -0.2) is 23.1 Å². The van der Waals surface area contributed by atoms with Gasteiger partial charge >= 0.3 is 0 Å². The number of likely N-dealkylation sites (N-methyl/N-ethyl adjacent to an activating group) is 1. The Morgan fingerprint density at radius 3 is 2.38 bits per heavy atom. The number of aryl methyl sites for hydroxylation is 1. The molecule has 2 aromatic rings. The van der Waals surface area contributed by atoms with Gasteiger partial charge < -0.3 is 19.3 Å². The van der Waals surface area contributed by atoms with Crippen molar-refractivity contribution in [2.45, 2.75) is 72.6 Å². The molecule has 0 N–H and O–H groups in total. The standard InChI is InChI=1S/C24H27F3N4O3.2CH4.H2S/c1-12-22-23(30(3)13(2)24(32)31(22)15-4-5-33-11-15)29-20(28-12)8-14-6-16(7-14)34-17-9-18(25)21(27)19(26)10-17;;;/h9-10,13-16H,4-8,11H2,1-3H3;2*1H4;1H2/t13-,14?,15?,16?;;;/m0.../s1. The van der Waals surface area contributed by atoms with Crippen molar-refractivity contribution in [2.24, 2.45) is 5.92 Å². The minimum atomic E-state index is -1.50. The molecule has 3 heterocycles. The molecule has 2 atom stereocenters. The van der Waals surface area contributed by atoms with Crippen LogP contribution in [-0.2, 0) is 16.0 Å². The zero-order chi connectivity index (χ0) is 24.1. The fourth-order valence-electron chi connectivity index (χ4n) is 4.96. The van der Waals surface area contributed by atoms with E-state index in [1.54, 1.807) is 0 Å². The molecule has 1 saturated carbocycles. The van der Waals surface area contributed by atoms with E-state index < -0.39 is 17.5 Å². The van der Waals surface area contributed by atoms with Crippen molar-refractivity contribution in [1.29, 1.82) is 0 Å². The molecule has 7 nitrogen and oxygen atoms in total. The summed E-state index contributed by atoms with van der Waals surface area (Å²) in [6, 6.07) is 1.37. The average Bonchev–Trinajstić information content (AvgIpc) is 3.29. The number of carbonyl (C=O) groups is 1. The molecule has 0 radical (unpaired) electrons. The van der Waals surface area contributed by atoms with Crippen LogP contribution in [0.4, 0.5) is 24.7 Å². The van der Waals surface area contributed by atoms with E-state index in [1.807, 2.05) is 30.7 Å². The van der Waals surface area contributed by atoms with Gasteiger partial charge in [0.25, 0.3) is 0 Å². The molecule has 11 heteroatoms. The fraction of sp³-hybridized carbons (Fsp3) is 0.577. The zero-order valence-electron chi connectivity index (χ0n) is 19.9. The van der Waals surface area contributed by atoms with Gasteiger partial charge in [-0.3, -0.25) is 4.79 Å². The lowest BCUT2D eigenvalue weighted by atomic mass is 9.80. The third-order valence-electron chi connectivity index (χ3n) is 7.03. The molecule has 206 valence electrons. The maximum absolute atomic E-state index is 13.4. The topological polar surface area (TPSA) is 67.8 Å². The van der Waals surface area contributed by atoms with E-state index in [9.17, 15) is 18.0 Å². The zero-order valence-corrected chi connectivity index (χ0v) is 20.9. The Morgan fingerprint density at radius 2 is 1.78 bits per heavy atom. The molecule has 1 saturated heterocycles. The summed E-state index contributed by atoms with van der Waals surface area (Å²) in [4.78, 5) is 26.3. The first-order valence-corrected chi connectivity index (χ1v) is 11.5. The van der Waals surface area contributed by atoms with E-state index in [0.717, 1.165) is 35.8 Å². The predicted octanol–water partition coefficient (Wildman–Crippen LogP) is 4.95. The van der Waals surface area contributed by atoms with Crippen LogP contribution >= 0.6 is 13.5 Å². The van der Waals surface area contributed by atoms with Crippen molar-refractivity contribution in [1.82, 2.24) is 9.97 Å². The Morgan fingerprint density at radius 1 is 1.14 bits per heavy atom. The molecule has 1 aliphatic carbocycles. The van der Waals surface area contributed by atoms with Crippen LogP contribution in [0.1, 0.15) is 52.6 Å². The molecule has 3 aliphatic rings. The van der Waals surface area contributed by atoms with Crippen LogP contribution in [0.3, 0.4) is 0 Å². The molecule has 1 aromatic heterocycles. The summed E-state index contributed by atoms with van der Waals surface area (Å²) in [5.41, 5.74) is 1.50. The quantitative estimate of drug-likeness (QED) is 0.499. The third-order valence-corrected chi connectivity index (χ3v) is 7.03. The summed E-state index contributed by atoms with van der Waals surface area (Å²) in [6.07, 6.45) is 2.56. The Labute approximate surface area is 223 Å². The number of aromatic nitrogens is 2. The number of ether oxygens (including phenoxy) is 2. The number of rotatable bonds is 5. The van der Waals surface area contributed by atoms with E-state index in [1.165, 1.54) is 0 Å². The van der Waals surface area contributed by atoms with E-state index in [2.05, 4.69) is 0 Å². The molecule has 5 rings (SSSR count). The number of amides is 1. The first-order valence-electron chi connectivity index (χ1n) is 11.5. The van der Waals surface area contributed by atoms with Crippen molar-refractivity contribution < 1.29 is 27.4 Å². The second-order valence-electron chi connectivity index (χ2n) is 9.39. The summed E-state index contributed by atoms with van der Waals surface area (Å²) in [5, 5.41) is 0. The Bertz CT molecular complexity index is 1100. The molecule has 37 heavy (non-hydrogen) atoms. The number of anilines is 2. The highest BCUT2D eigenvalue weighted by Gasteiger charge is 2.41. The van der Waals surface area contributed by atoms with E-state index in [0.29, 0.717) is 38.3 Å². The maximum Gasteiger partial charge on any atom is 0.249 e. The molecular weight excluding hydrogens is 505 g/mol. The average molecular weight is 543 g/mol. The van der Waals surface area contributed by atoms with Gasteiger partial charge in [-0.05, 0) is 39.0 Å². The monoisotopic (exact) mass is 542 g/mol. The minimum Gasteiger partial charge on any atom is -0.490 e. The van der Waals surface area contributed by atoms with Crippen molar-refractivity contribution >= 4 is 30.9 Å². The van der Waals surface area contributed by atoms with Gasteiger partial charge in [0, 0.05) is 32.2 Å². The smallest absolute Gasteiger partial charge is 0.249 e. The molecule has 2 fully saturated rings. The van der Waals surface area contributed by atoms with Crippen LogP contribution in [0.5, 0.6) is 5.75 Å². The van der Waals surface area contributed by atoms with Crippen molar-refractivity contribution in [3.63, 3.8) is 0 Å². The SMILES string of the molecule is C.C.Cc1nc(CC2CC(Oc3cc(F)c(F)c(F)c3)C2)nc2c1N(C1CCOC1)C(=O)[C@H](C)N2C.S. The van der Waals surface area contributed by atoms with Gasteiger partial charge in [0.1, 0.15) is 23.3 Å². The molecule has 1 aromatic carbocycles. The fourth-order valence-corrected chi connectivity index (χ4v) is 4.96. The second kappa shape index (κ2) is 11.9. The van der Waals surface area contributed by atoms with Crippen molar-refractivity contribution in [3.05, 3.63) is 41.1 Å². The predicted molar refractivity (Wildman–Crippen MR) is 142 cm³/mol. The number of fused-ring (bicyclic) bond motifs is 1. The van der Waals surface area contributed by atoms with Gasteiger partial charge in [-0.1, -0.05) is 14.9 Å². The van der Waals surface area contributed by atoms with Gasteiger partial charge in [-0.15, -0.1) is 0 Å². The number of hydrogen-bond donors (Lipinski definition) is 0. The van der Waals surface area contributed by atoms with Crippen LogP contribution in [0.2, 0.25) is 0 Å². The van der Waals surface area contributed by atoms with E-state index in [4.69, 9.17) is 19.4 Å². The van der Waals surface area contributed by atoms with Crippen molar-refractivity contribution in [3.8, 4) is 5.75 Å². The minimum absolute atomic E-state index is 0. The van der Waals surface area contributed by atoms with Crippen LogP contribution in [0.15, 0.2) is 12.1 Å². The van der Waals surface area contributed by atoms with Crippen LogP contribution in [-0.4, -0.2) is 54.3 Å². The normalized spacial score (nSPS) is 24.3. The number of carbonyl (C=O) groups excluding carboxylic acids is 1. The summed E-state index contributed by atoms with van der Waals surface area (Å²) in [6.45, 7) is 4.91. The number of nitrogens with zero attached hydrogens (tertiary/aromatic N) is 4. The summed E-state index contributed by atoms with van der Waals surface area (Å²) >= 11 is 0. The van der Waals surface area contributed by atoms with Gasteiger partial charge in [0.15, 0.2) is 23.3 Å². The molecule has 2 aliphatic heterocycles. The number of benzene rings is 1. The van der Waals surface area contributed by atoms with E-state index >= 15 is 0 Å². The highest BCUT2D eigenvalue weighted by atomic mass is 32.1. The van der Waals surface area contributed by atoms with E-state index in [-0.39, 0.29) is 64.1 Å².